The molecule has 2 aliphatic rings. The first kappa shape index (κ1) is 18.9. The van der Waals surface area contributed by atoms with Crippen molar-refractivity contribution in [2.24, 2.45) is 0 Å². The average molecular weight is 406 g/mol. The van der Waals surface area contributed by atoms with Gasteiger partial charge in [-0.05, 0) is 45.2 Å². The first-order valence-corrected chi connectivity index (χ1v) is 10.7. The molecule has 2 fully saturated rings. The lowest BCUT2D eigenvalue weighted by Crippen LogP contribution is -2.35. The summed E-state index contributed by atoms with van der Waals surface area (Å²) in [6.07, 6.45) is 4.62. The Bertz CT molecular complexity index is 1070. The number of benzene rings is 1. The summed E-state index contributed by atoms with van der Waals surface area (Å²) in [5.74, 6) is 1.30. The van der Waals surface area contributed by atoms with Crippen LogP contribution in [0.2, 0.25) is 0 Å². The Morgan fingerprint density at radius 3 is 2.67 bits per heavy atom. The largest absolute Gasteiger partial charge is 0.442 e. The molecule has 0 spiro atoms. The molecule has 1 saturated carbocycles. The van der Waals surface area contributed by atoms with Crippen LogP contribution in [-0.2, 0) is 0 Å². The molecule has 3 aromatic rings. The van der Waals surface area contributed by atoms with Gasteiger partial charge in [-0.2, -0.15) is 0 Å². The molecule has 156 valence electrons. The van der Waals surface area contributed by atoms with Crippen molar-refractivity contribution in [2.45, 2.75) is 38.6 Å². The molecule has 0 atom stereocenters. The van der Waals surface area contributed by atoms with Crippen LogP contribution in [0.4, 0.5) is 11.5 Å². The average Bonchev–Trinajstić information content (AvgIpc) is 3.44. The minimum Gasteiger partial charge on any atom is -0.442 e. The smallest absolute Gasteiger partial charge is 0.258 e. The molecule has 7 heteroatoms. The molecular weight excluding hydrogens is 378 g/mol. The van der Waals surface area contributed by atoms with Crippen molar-refractivity contribution in [3.05, 3.63) is 48.0 Å². The van der Waals surface area contributed by atoms with Gasteiger partial charge in [0.1, 0.15) is 17.9 Å². The highest BCUT2D eigenvalue weighted by atomic mass is 16.3. The van der Waals surface area contributed by atoms with Crippen molar-refractivity contribution in [2.75, 3.05) is 36.4 Å². The van der Waals surface area contributed by atoms with Gasteiger partial charge in [0.15, 0.2) is 0 Å². The second kappa shape index (κ2) is 7.31. The molecule has 5 rings (SSSR count). The highest BCUT2D eigenvalue weighted by Gasteiger charge is 2.39. The van der Waals surface area contributed by atoms with Crippen molar-refractivity contribution >= 4 is 28.5 Å². The lowest BCUT2D eigenvalue weighted by atomic mass is 10.1. The number of nitrogens with one attached hydrogen (secondary N) is 1. The van der Waals surface area contributed by atoms with E-state index in [-0.39, 0.29) is 11.4 Å². The third-order valence-corrected chi connectivity index (χ3v) is 6.20. The van der Waals surface area contributed by atoms with Crippen LogP contribution in [0, 0.1) is 6.92 Å². The zero-order valence-corrected chi connectivity index (χ0v) is 17.5. The van der Waals surface area contributed by atoms with Gasteiger partial charge in [0.25, 0.3) is 5.91 Å². The fourth-order valence-corrected chi connectivity index (χ4v) is 4.17. The van der Waals surface area contributed by atoms with E-state index in [4.69, 9.17) is 4.42 Å². The van der Waals surface area contributed by atoms with Gasteiger partial charge in [-0.3, -0.25) is 4.79 Å². The van der Waals surface area contributed by atoms with Crippen LogP contribution in [0.25, 0.3) is 11.1 Å². The van der Waals surface area contributed by atoms with Gasteiger partial charge < -0.3 is 19.5 Å². The van der Waals surface area contributed by atoms with E-state index in [0.717, 1.165) is 38.9 Å². The summed E-state index contributed by atoms with van der Waals surface area (Å²) in [6.45, 7) is 7.15. The number of aryl methyl sites for hydroxylation is 1. The van der Waals surface area contributed by atoms with E-state index >= 15 is 0 Å². The minimum atomic E-state index is -0.0000355. The fourth-order valence-electron chi connectivity index (χ4n) is 4.17. The number of hydrogen-bond acceptors (Lipinski definition) is 6. The molecule has 1 aliphatic heterocycles. The van der Waals surface area contributed by atoms with Crippen LogP contribution in [0.1, 0.15) is 42.3 Å². The molecule has 1 amide bonds. The lowest BCUT2D eigenvalue weighted by molar-refractivity contribution is 0.0767. The van der Waals surface area contributed by atoms with Gasteiger partial charge in [-0.25, -0.2) is 9.97 Å². The maximum absolute atomic E-state index is 13.6. The normalized spacial score (nSPS) is 18.3. The van der Waals surface area contributed by atoms with E-state index in [2.05, 4.69) is 51.4 Å². The second-order valence-corrected chi connectivity index (χ2v) is 8.59. The number of fused-ring (bicyclic) bond motifs is 1. The monoisotopic (exact) mass is 405 g/mol. The summed E-state index contributed by atoms with van der Waals surface area (Å²) < 4.78 is 5.86. The van der Waals surface area contributed by atoms with Gasteiger partial charge in [0.05, 0.1) is 10.9 Å². The third kappa shape index (κ3) is 3.49. The molecule has 2 aromatic heterocycles. The molecular formula is C23H27N5O2. The van der Waals surface area contributed by atoms with E-state index < -0.39 is 0 Å². The number of carbonyl (C=O) groups is 1. The summed E-state index contributed by atoms with van der Waals surface area (Å²) in [5.41, 5.74) is 2.31. The number of rotatable bonds is 4. The molecule has 0 bridgehead atoms. The van der Waals surface area contributed by atoms with Crippen molar-refractivity contribution in [3.8, 4) is 0 Å². The van der Waals surface area contributed by atoms with Crippen molar-refractivity contribution < 1.29 is 9.21 Å². The molecule has 0 unspecified atom stereocenters. The predicted octanol–water partition coefficient (Wildman–Crippen LogP) is 3.85. The van der Waals surface area contributed by atoms with E-state index in [1.165, 1.54) is 12.0 Å². The van der Waals surface area contributed by atoms with Crippen molar-refractivity contribution in [3.63, 3.8) is 0 Å². The number of amides is 1. The molecule has 0 radical (unpaired) electrons. The first-order valence-electron chi connectivity index (χ1n) is 10.7. The Kier molecular flexibility index (Phi) is 4.60. The van der Waals surface area contributed by atoms with Gasteiger partial charge in [-0.1, -0.05) is 18.2 Å². The SMILES string of the molecule is Cc1oc2ncnc(NC3(C)CC3)c2c1C(=O)N1CCCN(c2ccccc2)CC1. The summed E-state index contributed by atoms with van der Waals surface area (Å²) in [4.78, 5) is 26.6. The lowest BCUT2D eigenvalue weighted by Gasteiger charge is -2.23. The first-order chi connectivity index (χ1) is 14.5. The second-order valence-electron chi connectivity index (χ2n) is 8.59. The Labute approximate surface area is 176 Å². The quantitative estimate of drug-likeness (QED) is 0.711. The molecule has 3 heterocycles. The van der Waals surface area contributed by atoms with Gasteiger partial charge in [-0.15, -0.1) is 0 Å². The molecule has 30 heavy (non-hydrogen) atoms. The molecule has 1 aromatic carbocycles. The number of furan rings is 1. The van der Waals surface area contributed by atoms with Crippen molar-refractivity contribution in [1.82, 2.24) is 14.9 Å². The number of nitrogens with zero attached hydrogens (tertiary/aromatic N) is 4. The predicted molar refractivity (Wildman–Crippen MR) is 117 cm³/mol. The van der Waals surface area contributed by atoms with Gasteiger partial charge in [0, 0.05) is 37.4 Å². The van der Waals surface area contributed by atoms with Crippen LogP contribution >= 0.6 is 0 Å². The van der Waals surface area contributed by atoms with Crippen LogP contribution in [0.3, 0.4) is 0 Å². The highest BCUT2D eigenvalue weighted by molar-refractivity contribution is 6.10. The van der Waals surface area contributed by atoms with Crippen LogP contribution < -0.4 is 10.2 Å². The minimum absolute atomic E-state index is 0.0000355. The Morgan fingerprint density at radius 1 is 1.10 bits per heavy atom. The summed E-state index contributed by atoms with van der Waals surface area (Å²) in [5, 5.41) is 4.20. The van der Waals surface area contributed by atoms with E-state index in [1.54, 1.807) is 0 Å². The Hall–Kier alpha value is -3.09. The molecule has 1 aliphatic carbocycles. The van der Waals surface area contributed by atoms with E-state index in [0.29, 0.717) is 34.8 Å². The van der Waals surface area contributed by atoms with Crippen LogP contribution in [0.15, 0.2) is 41.1 Å². The maximum Gasteiger partial charge on any atom is 0.258 e. The Balaban J connectivity index is 1.42. The maximum atomic E-state index is 13.6. The number of anilines is 2. The number of aromatic nitrogens is 2. The standard InChI is InChI=1S/C23H27N5O2/c1-16-18(19-20(26-23(2)9-10-23)24-15-25-21(19)30-16)22(29)28-12-6-11-27(13-14-28)17-7-4-3-5-8-17/h3-5,7-8,15H,6,9-14H2,1-2H3,(H,24,25,26). The van der Waals surface area contributed by atoms with Gasteiger partial charge in [0.2, 0.25) is 5.71 Å². The zero-order chi connectivity index (χ0) is 20.7. The van der Waals surface area contributed by atoms with Crippen LogP contribution in [0.5, 0.6) is 0 Å². The van der Waals surface area contributed by atoms with Crippen molar-refractivity contribution in [1.29, 1.82) is 0 Å². The Morgan fingerprint density at radius 2 is 1.90 bits per heavy atom. The number of para-hydroxylation sites is 1. The highest BCUT2D eigenvalue weighted by Crippen LogP contribution is 2.40. The van der Waals surface area contributed by atoms with Crippen LogP contribution in [-0.4, -0.2) is 52.5 Å². The molecule has 1 N–H and O–H groups in total. The summed E-state index contributed by atoms with van der Waals surface area (Å²) in [7, 11) is 0. The summed E-state index contributed by atoms with van der Waals surface area (Å²) >= 11 is 0. The molecule has 1 saturated heterocycles. The fraction of sp³-hybridized carbons (Fsp3) is 0.435. The summed E-state index contributed by atoms with van der Waals surface area (Å²) in [6, 6.07) is 10.4. The van der Waals surface area contributed by atoms with Gasteiger partial charge >= 0.3 is 0 Å². The van der Waals surface area contributed by atoms with E-state index in [9.17, 15) is 4.79 Å². The third-order valence-electron chi connectivity index (χ3n) is 6.20. The number of hydrogen-bond donors (Lipinski definition) is 1. The number of carbonyl (C=O) groups excluding carboxylic acids is 1. The van der Waals surface area contributed by atoms with E-state index in [1.807, 2.05) is 17.9 Å². The zero-order valence-electron chi connectivity index (χ0n) is 17.5. The topological polar surface area (TPSA) is 74.5 Å². The molecule has 7 nitrogen and oxygen atoms in total.